The highest BCUT2D eigenvalue weighted by Gasteiger charge is 2.05. The van der Waals surface area contributed by atoms with E-state index >= 15 is 0 Å². The first kappa shape index (κ1) is 14.0. The van der Waals surface area contributed by atoms with Crippen molar-refractivity contribution in [2.45, 2.75) is 20.4 Å². The summed E-state index contributed by atoms with van der Waals surface area (Å²) < 4.78 is 7.02. The third-order valence-corrected chi connectivity index (χ3v) is 4.04. The van der Waals surface area contributed by atoms with Gasteiger partial charge < -0.3 is 10.1 Å². The Balaban J connectivity index is 2.23. The number of hydrogen-bond donors (Lipinski definition) is 1. The highest BCUT2D eigenvalue weighted by atomic mass is 79.9. The molecule has 0 amide bonds. The molecular formula is C15H17BrN2O. The topological polar surface area (TPSA) is 34.1 Å². The average molecular weight is 321 g/mol. The number of pyridine rings is 1. The van der Waals surface area contributed by atoms with Gasteiger partial charge in [0.05, 0.1) is 5.69 Å². The number of rotatable bonds is 4. The number of benzene rings is 1. The molecule has 1 N–H and O–H groups in total. The van der Waals surface area contributed by atoms with Gasteiger partial charge in [0.1, 0.15) is 11.5 Å². The first-order chi connectivity index (χ1) is 9.10. The minimum absolute atomic E-state index is 0.732. The van der Waals surface area contributed by atoms with Crippen molar-refractivity contribution in [2.75, 3.05) is 7.05 Å². The van der Waals surface area contributed by atoms with Gasteiger partial charge in [-0.1, -0.05) is 15.9 Å². The summed E-state index contributed by atoms with van der Waals surface area (Å²) in [5.41, 5.74) is 3.30. The Labute approximate surface area is 122 Å². The quantitative estimate of drug-likeness (QED) is 0.925. The number of nitrogens with one attached hydrogen (secondary N) is 1. The molecule has 0 saturated heterocycles. The zero-order valence-electron chi connectivity index (χ0n) is 11.3. The molecule has 2 rings (SSSR count). The molecule has 19 heavy (non-hydrogen) atoms. The van der Waals surface area contributed by atoms with Gasteiger partial charge in [-0.2, -0.15) is 0 Å². The number of aryl methyl sites for hydroxylation is 2. The van der Waals surface area contributed by atoms with Crippen LogP contribution in [0.15, 0.2) is 34.9 Å². The summed E-state index contributed by atoms with van der Waals surface area (Å²) >= 11 is 3.56. The van der Waals surface area contributed by atoms with Crippen LogP contribution in [0.25, 0.3) is 0 Å². The molecular weight excluding hydrogens is 304 g/mol. The maximum absolute atomic E-state index is 5.89. The van der Waals surface area contributed by atoms with Crippen LogP contribution in [0.3, 0.4) is 0 Å². The highest BCUT2D eigenvalue weighted by Crippen LogP contribution is 2.29. The smallest absolute Gasteiger partial charge is 0.130 e. The summed E-state index contributed by atoms with van der Waals surface area (Å²) in [5, 5.41) is 3.08. The van der Waals surface area contributed by atoms with E-state index in [0.29, 0.717) is 0 Å². The van der Waals surface area contributed by atoms with Crippen LogP contribution in [0.4, 0.5) is 0 Å². The maximum Gasteiger partial charge on any atom is 0.130 e. The molecule has 2 aromatic rings. The van der Waals surface area contributed by atoms with Gasteiger partial charge >= 0.3 is 0 Å². The van der Waals surface area contributed by atoms with E-state index in [4.69, 9.17) is 4.74 Å². The van der Waals surface area contributed by atoms with Crippen LogP contribution in [0.1, 0.15) is 16.8 Å². The number of hydrogen-bond acceptors (Lipinski definition) is 3. The zero-order chi connectivity index (χ0) is 13.8. The van der Waals surface area contributed by atoms with Gasteiger partial charge in [0, 0.05) is 23.3 Å². The summed E-state index contributed by atoms with van der Waals surface area (Å²) in [5.74, 6) is 1.65. The summed E-state index contributed by atoms with van der Waals surface area (Å²) in [6.45, 7) is 4.85. The van der Waals surface area contributed by atoms with Crippen LogP contribution in [0.5, 0.6) is 11.5 Å². The van der Waals surface area contributed by atoms with Crippen molar-refractivity contribution in [1.82, 2.24) is 10.3 Å². The second-order valence-corrected chi connectivity index (χ2v) is 5.28. The highest BCUT2D eigenvalue weighted by molar-refractivity contribution is 9.10. The molecule has 0 saturated carbocycles. The monoisotopic (exact) mass is 320 g/mol. The first-order valence-corrected chi connectivity index (χ1v) is 6.93. The predicted molar refractivity (Wildman–Crippen MR) is 80.7 cm³/mol. The molecule has 1 aromatic heterocycles. The number of aromatic nitrogens is 1. The lowest BCUT2D eigenvalue weighted by atomic mass is 10.1. The van der Waals surface area contributed by atoms with Gasteiger partial charge in [0.25, 0.3) is 0 Å². The fourth-order valence-electron chi connectivity index (χ4n) is 1.90. The SMILES string of the molecule is CNCc1cc(Oc2cc(C)c(Br)c(C)c2)ccn1. The van der Waals surface area contributed by atoms with Crippen molar-refractivity contribution in [3.05, 3.63) is 51.8 Å². The Morgan fingerprint density at radius 2 is 1.84 bits per heavy atom. The van der Waals surface area contributed by atoms with Gasteiger partial charge in [0.2, 0.25) is 0 Å². The molecule has 100 valence electrons. The van der Waals surface area contributed by atoms with Crippen molar-refractivity contribution in [1.29, 1.82) is 0 Å². The van der Waals surface area contributed by atoms with E-state index in [2.05, 4.69) is 40.1 Å². The molecule has 0 atom stereocenters. The standard InChI is InChI=1S/C15H17BrN2O/c1-10-6-14(7-11(2)15(10)16)19-13-4-5-18-12(8-13)9-17-3/h4-8,17H,9H2,1-3H3. The Morgan fingerprint density at radius 1 is 1.16 bits per heavy atom. The molecule has 1 heterocycles. The lowest BCUT2D eigenvalue weighted by Gasteiger charge is -2.10. The van der Waals surface area contributed by atoms with Crippen LogP contribution >= 0.6 is 15.9 Å². The van der Waals surface area contributed by atoms with Crippen LogP contribution in [-0.4, -0.2) is 12.0 Å². The summed E-state index contributed by atoms with van der Waals surface area (Å²) in [6, 6.07) is 7.86. The van der Waals surface area contributed by atoms with Gasteiger partial charge in [-0.25, -0.2) is 0 Å². The van der Waals surface area contributed by atoms with Crippen molar-refractivity contribution < 1.29 is 4.74 Å². The fraction of sp³-hybridized carbons (Fsp3) is 0.267. The van der Waals surface area contributed by atoms with E-state index in [0.717, 1.165) is 28.2 Å². The molecule has 0 radical (unpaired) electrons. The first-order valence-electron chi connectivity index (χ1n) is 6.14. The molecule has 0 aliphatic rings. The molecule has 3 nitrogen and oxygen atoms in total. The largest absolute Gasteiger partial charge is 0.457 e. The lowest BCUT2D eigenvalue weighted by Crippen LogP contribution is -2.06. The summed E-state index contributed by atoms with van der Waals surface area (Å²) in [7, 11) is 1.90. The fourth-order valence-corrected chi connectivity index (χ4v) is 2.13. The summed E-state index contributed by atoms with van der Waals surface area (Å²) in [6.07, 6.45) is 1.76. The summed E-state index contributed by atoms with van der Waals surface area (Å²) in [4.78, 5) is 4.27. The van der Waals surface area contributed by atoms with E-state index in [1.807, 2.05) is 31.3 Å². The van der Waals surface area contributed by atoms with Gasteiger partial charge in [0.15, 0.2) is 0 Å². The molecule has 0 aliphatic carbocycles. The van der Waals surface area contributed by atoms with E-state index in [1.54, 1.807) is 6.20 Å². The Bertz CT molecular complexity index is 561. The molecule has 1 aromatic carbocycles. The van der Waals surface area contributed by atoms with Gasteiger partial charge in [-0.3, -0.25) is 4.98 Å². The lowest BCUT2D eigenvalue weighted by molar-refractivity contribution is 0.479. The maximum atomic E-state index is 5.89. The molecule has 0 spiro atoms. The van der Waals surface area contributed by atoms with E-state index in [9.17, 15) is 0 Å². The zero-order valence-corrected chi connectivity index (χ0v) is 12.9. The Morgan fingerprint density at radius 3 is 2.47 bits per heavy atom. The minimum Gasteiger partial charge on any atom is -0.457 e. The second kappa shape index (κ2) is 6.17. The van der Waals surface area contributed by atoms with Gasteiger partial charge in [-0.05, 0) is 50.2 Å². The van der Waals surface area contributed by atoms with E-state index in [1.165, 1.54) is 11.1 Å². The minimum atomic E-state index is 0.732. The number of nitrogens with zero attached hydrogens (tertiary/aromatic N) is 1. The molecule has 0 fully saturated rings. The van der Waals surface area contributed by atoms with Crippen molar-refractivity contribution in [2.24, 2.45) is 0 Å². The number of halogens is 1. The van der Waals surface area contributed by atoms with E-state index in [-0.39, 0.29) is 0 Å². The predicted octanol–water partition coefficient (Wildman–Crippen LogP) is 3.97. The Kier molecular flexibility index (Phi) is 4.56. The van der Waals surface area contributed by atoms with Crippen LogP contribution in [-0.2, 0) is 6.54 Å². The van der Waals surface area contributed by atoms with E-state index < -0.39 is 0 Å². The average Bonchev–Trinajstić information content (AvgIpc) is 2.37. The van der Waals surface area contributed by atoms with Crippen LogP contribution in [0, 0.1) is 13.8 Å². The molecule has 4 heteroatoms. The van der Waals surface area contributed by atoms with Gasteiger partial charge in [-0.15, -0.1) is 0 Å². The van der Waals surface area contributed by atoms with Crippen LogP contribution < -0.4 is 10.1 Å². The normalized spacial score (nSPS) is 10.5. The van der Waals surface area contributed by atoms with Crippen molar-refractivity contribution in [3.8, 4) is 11.5 Å². The third kappa shape index (κ3) is 3.55. The number of ether oxygens (including phenoxy) is 1. The third-order valence-electron chi connectivity index (χ3n) is 2.79. The van der Waals surface area contributed by atoms with Crippen molar-refractivity contribution in [3.63, 3.8) is 0 Å². The molecule has 0 unspecified atom stereocenters. The second-order valence-electron chi connectivity index (χ2n) is 4.49. The Hall–Kier alpha value is -1.39. The van der Waals surface area contributed by atoms with Crippen molar-refractivity contribution >= 4 is 15.9 Å². The molecule has 0 aliphatic heterocycles. The molecule has 0 bridgehead atoms. The van der Waals surface area contributed by atoms with Crippen LogP contribution in [0.2, 0.25) is 0 Å².